The number of benzene rings is 2. The SMILES string of the molecule is O=C(c1ccc(CSc2ccc(Cl)cc2)cc1)N1CCC(F)(C(=O)O)C1. The van der Waals surface area contributed by atoms with E-state index in [1.165, 1.54) is 4.90 Å². The molecule has 136 valence electrons. The van der Waals surface area contributed by atoms with Crippen molar-refractivity contribution in [1.82, 2.24) is 4.90 Å². The lowest BCUT2D eigenvalue weighted by Crippen LogP contribution is -2.38. The smallest absolute Gasteiger partial charge is 0.343 e. The van der Waals surface area contributed by atoms with Crippen LogP contribution in [0.15, 0.2) is 53.4 Å². The number of aliphatic carboxylic acids is 1. The Morgan fingerprint density at radius 3 is 2.38 bits per heavy atom. The number of carbonyl (C=O) groups is 2. The molecule has 3 rings (SSSR count). The summed E-state index contributed by atoms with van der Waals surface area (Å²) >= 11 is 7.52. The van der Waals surface area contributed by atoms with Crippen molar-refractivity contribution >= 4 is 35.2 Å². The Hall–Kier alpha value is -2.05. The molecule has 0 spiro atoms. The van der Waals surface area contributed by atoms with Crippen molar-refractivity contribution in [3.8, 4) is 0 Å². The van der Waals surface area contributed by atoms with Crippen LogP contribution in [0.5, 0.6) is 0 Å². The normalized spacial score (nSPS) is 19.5. The highest BCUT2D eigenvalue weighted by Gasteiger charge is 2.46. The lowest BCUT2D eigenvalue weighted by Gasteiger charge is -2.18. The summed E-state index contributed by atoms with van der Waals surface area (Å²) in [6.07, 6.45) is -0.177. The predicted molar refractivity (Wildman–Crippen MR) is 99.5 cm³/mol. The van der Waals surface area contributed by atoms with Crippen LogP contribution in [0, 0.1) is 0 Å². The van der Waals surface area contributed by atoms with Crippen LogP contribution in [0.4, 0.5) is 4.39 Å². The van der Waals surface area contributed by atoms with Gasteiger partial charge >= 0.3 is 5.97 Å². The first-order valence-corrected chi connectivity index (χ1v) is 9.43. The van der Waals surface area contributed by atoms with Gasteiger partial charge in [0.1, 0.15) is 0 Å². The van der Waals surface area contributed by atoms with Gasteiger partial charge < -0.3 is 10.0 Å². The summed E-state index contributed by atoms with van der Waals surface area (Å²) in [7, 11) is 0. The number of hydrogen-bond donors (Lipinski definition) is 1. The Morgan fingerprint density at radius 2 is 1.81 bits per heavy atom. The standard InChI is InChI=1S/C19H17ClFNO3S/c20-15-5-7-16(8-6-15)26-11-13-1-3-14(4-2-13)17(23)22-10-9-19(21,12-22)18(24)25/h1-8H,9-12H2,(H,24,25). The Labute approximate surface area is 160 Å². The molecule has 0 bridgehead atoms. The Bertz CT molecular complexity index is 813. The first-order valence-electron chi connectivity index (χ1n) is 8.06. The van der Waals surface area contributed by atoms with E-state index in [1.54, 1.807) is 23.9 Å². The minimum Gasteiger partial charge on any atom is -0.479 e. The molecule has 1 unspecified atom stereocenters. The average Bonchev–Trinajstić information content (AvgIpc) is 3.05. The molecule has 1 saturated heterocycles. The number of alkyl halides is 1. The average molecular weight is 394 g/mol. The zero-order valence-electron chi connectivity index (χ0n) is 13.8. The maximum Gasteiger partial charge on any atom is 0.343 e. The molecule has 1 atom stereocenters. The number of carboxylic acid groups (broad SMARTS) is 1. The highest BCUT2D eigenvalue weighted by atomic mass is 35.5. The van der Waals surface area contributed by atoms with E-state index < -0.39 is 18.2 Å². The third kappa shape index (κ3) is 4.19. The summed E-state index contributed by atoms with van der Waals surface area (Å²) in [5, 5.41) is 9.62. The van der Waals surface area contributed by atoms with Gasteiger partial charge in [-0.15, -0.1) is 11.8 Å². The van der Waals surface area contributed by atoms with Crippen LogP contribution in [-0.2, 0) is 10.5 Å². The van der Waals surface area contributed by atoms with Crippen molar-refractivity contribution in [2.45, 2.75) is 22.7 Å². The van der Waals surface area contributed by atoms with Gasteiger partial charge in [-0.25, -0.2) is 9.18 Å². The monoisotopic (exact) mass is 393 g/mol. The number of thioether (sulfide) groups is 1. The van der Waals surface area contributed by atoms with Crippen molar-refractivity contribution in [2.24, 2.45) is 0 Å². The second kappa shape index (κ2) is 7.68. The van der Waals surface area contributed by atoms with Crippen LogP contribution in [0.25, 0.3) is 0 Å². The third-order valence-electron chi connectivity index (χ3n) is 4.31. The maximum absolute atomic E-state index is 14.1. The van der Waals surface area contributed by atoms with Crippen LogP contribution in [0.3, 0.4) is 0 Å². The van der Waals surface area contributed by atoms with Crippen molar-refractivity contribution in [3.05, 3.63) is 64.7 Å². The van der Waals surface area contributed by atoms with E-state index >= 15 is 0 Å². The molecule has 1 aliphatic rings. The van der Waals surface area contributed by atoms with Gasteiger partial charge in [-0.2, -0.15) is 0 Å². The molecule has 0 radical (unpaired) electrons. The first-order chi connectivity index (χ1) is 12.4. The second-order valence-corrected chi connectivity index (χ2v) is 7.67. The van der Waals surface area contributed by atoms with Crippen molar-refractivity contribution in [3.63, 3.8) is 0 Å². The molecule has 2 aromatic carbocycles. The van der Waals surface area contributed by atoms with Gasteiger partial charge in [0.25, 0.3) is 5.91 Å². The van der Waals surface area contributed by atoms with Gasteiger partial charge in [0.15, 0.2) is 0 Å². The lowest BCUT2D eigenvalue weighted by molar-refractivity contribution is -0.149. The van der Waals surface area contributed by atoms with Crippen LogP contribution in [-0.4, -0.2) is 40.6 Å². The van der Waals surface area contributed by atoms with E-state index in [0.29, 0.717) is 10.6 Å². The minimum absolute atomic E-state index is 0.107. The molecular formula is C19H17ClFNO3S. The number of rotatable bonds is 5. The number of carbonyl (C=O) groups excluding carboxylic acids is 1. The topological polar surface area (TPSA) is 57.6 Å². The molecule has 26 heavy (non-hydrogen) atoms. The molecule has 7 heteroatoms. The Balaban J connectivity index is 1.59. The Kier molecular flexibility index (Phi) is 5.53. The van der Waals surface area contributed by atoms with E-state index in [9.17, 15) is 14.0 Å². The highest BCUT2D eigenvalue weighted by Crippen LogP contribution is 2.28. The number of carboxylic acids is 1. The molecule has 0 saturated carbocycles. The van der Waals surface area contributed by atoms with E-state index in [1.807, 2.05) is 36.4 Å². The van der Waals surface area contributed by atoms with Gasteiger partial charge in [0.05, 0.1) is 6.54 Å². The molecule has 4 nitrogen and oxygen atoms in total. The van der Waals surface area contributed by atoms with E-state index in [4.69, 9.17) is 16.7 Å². The van der Waals surface area contributed by atoms with Gasteiger partial charge in [0, 0.05) is 34.2 Å². The molecule has 1 amide bonds. The summed E-state index contributed by atoms with van der Waals surface area (Å²) in [5.41, 5.74) is -0.863. The summed E-state index contributed by atoms with van der Waals surface area (Å²) in [6.45, 7) is -0.300. The molecule has 0 aliphatic carbocycles. The fraction of sp³-hybridized carbons (Fsp3) is 0.263. The fourth-order valence-electron chi connectivity index (χ4n) is 2.74. The number of halogens is 2. The number of hydrogen-bond acceptors (Lipinski definition) is 3. The molecule has 2 aromatic rings. The number of nitrogens with zero attached hydrogens (tertiary/aromatic N) is 1. The third-order valence-corrected chi connectivity index (χ3v) is 5.65. The molecule has 1 aliphatic heterocycles. The quantitative estimate of drug-likeness (QED) is 0.770. The predicted octanol–water partition coefficient (Wildman–Crippen LogP) is 4.27. The zero-order valence-corrected chi connectivity index (χ0v) is 15.4. The highest BCUT2D eigenvalue weighted by molar-refractivity contribution is 7.98. The largest absolute Gasteiger partial charge is 0.479 e. The van der Waals surface area contributed by atoms with Crippen LogP contribution in [0.2, 0.25) is 5.02 Å². The van der Waals surface area contributed by atoms with E-state index in [-0.39, 0.29) is 18.9 Å². The van der Waals surface area contributed by atoms with E-state index in [2.05, 4.69) is 0 Å². The summed E-state index contributed by atoms with van der Waals surface area (Å²) in [6, 6.07) is 14.7. The molecular weight excluding hydrogens is 377 g/mol. The Morgan fingerprint density at radius 1 is 1.15 bits per heavy atom. The number of likely N-dealkylation sites (tertiary alicyclic amines) is 1. The first kappa shape index (κ1) is 18.7. The molecule has 1 heterocycles. The number of amides is 1. The van der Waals surface area contributed by atoms with Gasteiger partial charge in [-0.3, -0.25) is 4.79 Å². The van der Waals surface area contributed by atoms with Crippen LogP contribution in [0.1, 0.15) is 22.3 Å². The van der Waals surface area contributed by atoms with Crippen molar-refractivity contribution in [2.75, 3.05) is 13.1 Å². The molecule has 0 aromatic heterocycles. The summed E-state index contributed by atoms with van der Waals surface area (Å²) in [4.78, 5) is 25.7. The lowest BCUT2D eigenvalue weighted by atomic mass is 10.1. The van der Waals surface area contributed by atoms with Crippen LogP contribution < -0.4 is 0 Å². The van der Waals surface area contributed by atoms with Gasteiger partial charge in [-0.05, 0) is 42.0 Å². The molecule has 1 fully saturated rings. The van der Waals surface area contributed by atoms with Crippen LogP contribution >= 0.6 is 23.4 Å². The van der Waals surface area contributed by atoms with Crippen molar-refractivity contribution in [1.29, 1.82) is 0 Å². The maximum atomic E-state index is 14.1. The van der Waals surface area contributed by atoms with Gasteiger partial charge in [-0.1, -0.05) is 23.7 Å². The van der Waals surface area contributed by atoms with E-state index in [0.717, 1.165) is 16.2 Å². The van der Waals surface area contributed by atoms with Crippen molar-refractivity contribution < 1.29 is 19.1 Å². The summed E-state index contributed by atoms with van der Waals surface area (Å²) < 4.78 is 14.1. The second-order valence-electron chi connectivity index (χ2n) is 6.19. The minimum atomic E-state index is -2.34. The molecule has 1 N–H and O–H groups in total. The fourth-order valence-corrected chi connectivity index (χ4v) is 3.72. The van der Waals surface area contributed by atoms with Gasteiger partial charge in [0.2, 0.25) is 5.67 Å². The zero-order chi connectivity index (χ0) is 18.7. The summed E-state index contributed by atoms with van der Waals surface area (Å²) in [5.74, 6) is -1.11.